The van der Waals surface area contributed by atoms with Gasteiger partial charge in [0.05, 0.1) is 11.0 Å². The summed E-state index contributed by atoms with van der Waals surface area (Å²) in [6.45, 7) is 0. The number of aromatic nitrogens is 1. The summed E-state index contributed by atoms with van der Waals surface area (Å²) in [5.41, 5.74) is 10.6. The highest BCUT2D eigenvalue weighted by molar-refractivity contribution is 6.09. The molecule has 0 unspecified atom stereocenters. The van der Waals surface area contributed by atoms with Gasteiger partial charge >= 0.3 is 0 Å². The first-order valence-corrected chi connectivity index (χ1v) is 11.2. The molecule has 0 aliphatic heterocycles. The van der Waals surface area contributed by atoms with Crippen molar-refractivity contribution in [3.8, 4) is 16.8 Å². The summed E-state index contributed by atoms with van der Waals surface area (Å²) in [6.07, 6.45) is 0. The summed E-state index contributed by atoms with van der Waals surface area (Å²) in [6, 6.07) is 44.2. The number of hydrogen-bond donors (Lipinski definition) is 0. The van der Waals surface area contributed by atoms with Gasteiger partial charge < -0.3 is 4.57 Å². The minimum absolute atomic E-state index is 0.269. The Balaban J connectivity index is 1.51. The summed E-state index contributed by atoms with van der Waals surface area (Å²) in [5.74, 6) is 0.269. The minimum Gasteiger partial charge on any atom is -0.309 e. The normalized spacial score (nSPS) is 12.9. The van der Waals surface area contributed by atoms with Crippen molar-refractivity contribution < 1.29 is 0 Å². The molecule has 32 heavy (non-hydrogen) atoms. The van der Waals surface area contributed by atoms with Crippen LogP contribution >= 0.6 is 0 Å². The van der Waals surface area contributed by atoms with E-state index in [2.05, 4.69) is 126 Å². The fourth-order valence-corrected chi connectivity index (χ4v) is 5.54. The van der Waals surface area contributed by atoms with Crippen molar-refractivity contribution >= 4 is 21.8 Å². The molecular weight excluding hydrogens is 386 g/mol. The molecule has 1 heteroatoms. The van der Waals surface area contributed by atoms with Gasteiger partial charge in [-0.1, -0.05) is 91.0 Å². The lowest BCUT2D eigenvalue weighted by Gasteiger charge is -2.15. The molecule has 1 aromatic heterocycles. The van der Waals surface area contributed by atoms with Crippen molar-refractivity contribution in [3.63, 3.8) is 0 Å². The highest BCUT2D eigenvalue weighted by Crippen LogP contribution is 2.48. The van der Waals surface area contributed by atoms with Crippen LogP contribution in [0.4, 0.5) is 0 Å². The van der Waals surface area contributed by atoms with E-state index < -0.39 is 0 Å². The standard InChI is InChI=1S/C31H21N/c1-2-10-22(11-3-1)32-29-17-9-8-14-25(29)28-20-21(18-19-30(28)32)31-26-15-6-4-12-23(26)24-13-5-7-16-27(24)31/h1-20,31H. The second-order valence-corrected chi connectivity index (χ2v) is 8.57. The molecule has 0 amide bonds. The smallest absolute Gasteiger partial charge is 0.0541 e. The van der Waals surface area contributed by atoms with E-state index in [9.17, 15) is 0 Å². The molecule has 0 saturated heterocycles. The summed E-state index contributed by atoms with van der Waals surface area (Å²) in [5, 5.41) is 2.61. The Bertz CT molecular complexity index is 1580. The van der Waals surface area contributed by atoms with E-state index in [4.69, 9.17) is 0 Å². The molecule has 0 spiro atoms. The predicted molar refractivity (Wildman–Crippen MR) is 134 cm³/mol. The number of fused-ring (bicyclic) bond motifs is 6. The van der Waals surface area contributed by atoms with Gasteiger partial charge in [-0.15, -0.1) is 0 Å². The number of benzene rings is 5. The zero-order valence-electron chi connectivity index (χ0n) is 17.6. The van der Waals surface area contributed by atoms with Gasteiger partial charge in [0.25, 0.3) is 0 Å². The van der Waals surface area contributed by atoms with Crippen LogP contribution in [-0.4, -0.2) is 4.57 Å². The molecule has 0 fully saturated rings. The zero-order valence-corrected chi connectivity index (χ0v) is 17.6. The van der Waals surface area contributed by atoms with Gasteiger partial charge in [0.15, 0.2) is 0 Å². The summed E-state index contributed by atoms with van der Waals surface area (Å²) < 4.78 is 2.38. The fourth-order valence-electron chi connectivity index (χ4n) is 5.54. The summed E-state index contributed by atoms with van der Waals surface area (Å²) >= 11 is 0. The highest BCUT2D eigenvalue weighted by atomic mass is 15.0. The third kappa shape index (κ3) is 2.39. The molecule has 150 valence electrons. The van der Waals surface area contributed by atoms with E-state index in [0.717, 1.165) is 0 Å². The second-order valence-electron chi connectivity index (χ2n) is 8.57. The molecular formula is C31H21N. The lowest BCUT2D eigenvalue weighted by atomic mass is 9.88. The maximum Gasteiger partial charge on any atom is 0.0541 e. The predicted octanol–water partition coefficient (Wildman–Crippen LogP) is 7.94. The van der Waals surface area contributed by atoms with Crippen molar-refractivity contribution in [2.24, 2.45) is 0 Å². The molecule has 1 aliphatic rings. The third-order valence-corrected chi connectivity index (χ3v) is 6.88. The molecule has 7 rings (SSSR count). The van der Waals surface area contributed by atoms with Crippen LogP contribution in [0.3, 0.4) is 0 Å². The molecule has 6 aromatic rings. The molecule has 1 aliphatic carbocycles. The average molecular weight is 408 g/mol. The monoisotopic (exact) mass is 407 g/mol. The van der Waals surface area contributed by atoms with Crippen LogP contribution in [0.25, 0.3) is 38.6 Å². The average Bonchev–Trinajstić information content (AvgIpc) is 3.37. The van der Waals surface area contributed by atoms with Crippen molar-refractivity contribution in [2.45, 2.75) is 5.92 Å². The largest absolute Gasteiger partial charge is 0.309 e. The number of hydrogen-bond acceptors (Lipinski definition) is 0. The van der Waals surface area contributed by atoms with E-state index >= 15 is 0 Å². The third-order valence-electron chi connectivity index (χ3n) is 6.88. The van der Waals surface area contributed by atoms with Crippen LogP contribution in [0.15, 0.2) is 121 Å². The Morgan fingerprint density at radius 2 is 1.06 bits per heavy atom. The maximum atomic E-state index is 2.42. The molecule has 0 bridgehead atoms. The van der Waals surface area contributed by atoms with E-state index in [1.807, 2.05) is 0 Å². The molecule has 0 atom stereocenters. The summed E-state index contributed by atoms with van der Waals surface area (Å²) in [7, 11) is 0. The lowest BCUT2D eigenvalue weighted by Crippen LogP contribution is -1.99. The lowest BCUT2D eigenvalue weighted by molar-refractivity contribution is 1.02. The minimum atomic E-state index is 0.269. The zero-order chi connectivity index (χ0) is 21.1. The van der Waals surface area contributed by atoms with E-state index in [0.29, 0.717) is 0 Å². The highest BCUT2D eigenvalue weighted by Gasteiger charge is 2.29. The summed E-state index contributed by atoms with van der Waals surface area (Å²) in [4.78, 5) is 0. The first kappa shape index (κ1) is 17.6. The van der Waals surface area contributed by atoms with Crippen LogP contribution < -0.4 is 0 Å². The Morgan fingerprint density at radius 1 is 0.469 bits per heavy atom. The van der Waals surface area contributed by atoms with Gasteiger partial charge in [0.1, 0.15) is 0 Å². The topological polar surface area (TPSA) is 4.93 Å². The van der Waals surface area contributed by atoms with Crippen LogP contribution in [0.5, 0.6) is 0 Å². The molecule has 0 saturated carbocycles. The Morgan fingerprint density at radius 3 is 1.81 bits per heavy atom. The van der Waals surface area contributed by atoms with Crippen molar-refractivity contribution in [1.29, 1.82) is 0 Å². The quantitative estimate of drug-likeness (QED) is 0.274. The van der Waals surface area contributed by atoms with Crippen LogP contribution in [0.2, 0.25) is 0 Å². The first-order chi connectivity index (χ1) is 15.9. The number of nitrogens with zero attached hydrogens (tertiary/aromatic N) is 1. The van der Waals surface area contributed by atoms with Gasteiger partial charge in [0.2, 0.25) is 0 Å². The van der Waals surface area contributed by atoms with Gasteiger partial charge in [-0.3, -0.25) is 0 Å². The maximum absolute atomic E-state index is 2.42. The second kappa shape index (κ2) is 6.70. The van der Waals surface area contributed by atoms with Gasteiger partial charge in [0, 0.05) is 22.4 Å². The van der Waals surface area contributed by atoms with Crippen LogP contribution in [0, 0.1) is 0 Å². The van der Waals surface area contributed by atoms with Crippen molar-refractivity contribution in [1.82, 2.24) is 4.57 Å². The fraction of sp³-hybridized carbons (Fsp3) is 0.0323. The van der Waals surface area contributed by atoms with Gasteiger partial charge in [-0.05, 0) is 58.1 Å². The molecule has 1 nitrogen and oxygen atoms in total. The SMILES string of the molecule is c1ccc(-n2c3ccccc3c3cc(C4c5ccccc5-c5ccccc54)ccc32)cc1. The molecule has 1 heterocycles. The first-order valence-electron chi connectivity index (χ1n) is 11.2. The van der Waals surface area contributed by atoms with E-state index in [-0.39, 0.29) is 5.92 Å². The number of para-hydroxylation sites is 2. The molecule has 5 aromatic carbocycles. The Labute approximate surface area is 187 Å². The van der Waals surface area contributed by atoms with Crippen LogP contribution in [0.1, 0.15) is 22.6 Å². The van der Waals surface area contributed by atoms with E-state index in [1.165, 1.54) is 55.3 Å². The Kier molecular flexibility index (Phi) is 3.68. The van der Waals surface area contributed by atoms with Crippen molar-refractivity contribution in [2.75, 3.05) is 0 Å². The number of rotatable bonds is 2. The van der Waals surface area contributed by atoms with Gasteiger partial charge in [-0.25, -0.2) is 0 Å². The van der Waals surface area contributed by atoms with Crippen molar-refractivity contribution in [3.05, 3.63) is 138 Å². The van der Waals surface area contributed by atoms with Gasteiger partial charge in [-0.2, -0.15) is 0 Å². The molecule has 0 N–H and O–H groups in total. The van der Waals surface area contributed by atoms with E-state index in [1.54, 1.807) is 0 Å². The molecule has 0 radical (unpaired) electrons. The van der Waals surface area contributed by atoms with Crippen LogP contribution in [-0.2, 0) is 0 Å². The Hall–Kier alpha value is -4.10.